The van der Waals surface area contributed by atoms with Crippen molar-refractivity contribution in [3.63, 3.8) is 0 Å². The van der Waals surface area contributed by atoms with Gasteiger partial charge in [-0.2, -0.15) is 0 Å². The first-order valence-electron chi connectivity index (χ1n) is 13.5. The summed E-state index contributed by atoms with van der Waals surface area (Å²) < 4.78 is 41.9. The molecule has 0 bridgehead atoms. The number of phenols is 1. The van der Waals surface area contributed by atoms with Gasteiger partial charge in [0.1, 0.15) is 28.6 Å². The Morgan fingerprint density at radius 1 is 1.07 bits per heavy atom. The van der Waals surface area contributed by atoms with E-state index >= 15 is 0 Å². The second-order valence-corrected chi connectivity index (χ2v) is 11.6. The maximum atomic E-state index is 14.1. The van der Waals surface area contributed by atoms with Crippen molar-refractivity contribution in [3.8, 4) is 22.6 Å². The Bertz CT molecular complexity index is 1660. The van der Waals surface area contributed by atoms with Gasteiger partial charge in [-0.3, -0.25) is 19.3 Å². The zero-order valence-electron chi connectivity index (χ0n) is 24.1. The molecule has 5 rings (SSSR count). The monoisotopic (exact) mass is 617 g/mol. The average molecular weight is 618 g/mol. The molecule has 14 heteroatoms. The number of aromatic hydroxyl groups is 1. The molecule has 2 aromatic rings. The lowest BCUT2D eigenvalue weighted by Gasteiger charge is -2.50. The minimum Gasteiger partial charge on any atom is -0.508 e. The number of Topliss-reactive ketones (excluding diaryl/α,β-unsaturated/α-hetero) is 2. The van der Waals surface area contributed by atoms with Crippen LogP contribution in [0.4, 0.5) is 18.9 Å². The van der Waals surface area contributed by atoms with Gasteiger partial charge in [-0.1, -0.05) is 12.1 Å². The zero-order chi connectivity index (χ0) is 32.6. The lowest BCUT2D eigenvalue weighted by molar-refractivity contribution is -0.274. The van der Waals surface area contributed by atoms with Gasteiger partial charge < -0.3 is 35.8 Å². The van der Waals surface area contributed by atoms with Crippen molar-refractivity contribution in [2.75, 3.05) is 33.1 Å². The lowest BCUT2D eigenvalue weighted by Crippen LogP contribution is -2.65. The van der Waals surface area contributed by atoms with Gasteiger partial charge in [0.05, 0.1) is 11.6 Å². The molecule has 2 aromatic carbocycles. The highest BCUT2D eigenvalue weighted by Crippen LogP contribution is 2.55. The third-order valence-electron chi connectivity index (χ3n) is 8.58. The summed E-state index contributed by atoms with van der Waals surface area (Å²) in [6, 6.07) is 5.07. The molecule has 4 atom stereocenters. The summed E-state index contributed by atoms with van der Waals surface area (Å²) in [6.07, 6.45) is -4.90. The van der Waals surface area contributed by atoms with Gasteiger partial charge in [0.2, 0.25) is 5.78 Å². The topological polar surface area (TPSA) is 174 Å². The molecule has 3 aliphatic rings. The van der Waals surface area contributed by atoms with Gasteiger partial charge in [0.15, 0.2) is 11.4 Å². The van der Waals surface area contributed by atoms with Crippen LogP contribution in [0.2, 0.25) is 0 Å². The highest BCUT2D eigenvalue weighted by Gasteiger charge is 2.64. The van der Waals surface area contributed by atoms with Crippen LogP contribution >= 0.6 is 0 Å². The molecule has 6 N–H and O–H groups in total. The fourth-order valence-electron chi connectivity index (χ4n) is 6.75. The third-order valence-corrected chi connectivity index (χ3v) is 8.58. The van der Waals surface area contributed by atoms with Crippen molar-refractivity contribution in [2.45, 2.75) is 30.8 Å². The van der Waals surface area contributed by atoms with Crippen LogP contribution < -0.4 is 15.4 Å². The SMILES string of the molecule is CN(C)c1cc(-c2ccc(OC(F)(F)F)cc2)c(O)c2c1C[C@H]1C[C@H]3[C@H](N(C)C)C(=O)C(C(N)=O)=C(O)[C@@]3(O)C(=O)C1=C2O. The van der Waals surface area contributed by atoms with E-state index in [-0.39, 0.29) is 35.1 Å². The maximum absolute atomic E-state index is 14.1. The van der Waals surface area contributed by atoms with Crippen LogP contribution in [0.15, 0.2) is 47.2 Å². The van der Waals surface area contributed by atoms with Crippen LogP contribution in [-0.2, 0) is 20.8 Å². The van der Waals surface area contributed by atoms with Crippen LogP contribution in [-0.4, -0.2) is 89.0 Å². The molecule has 1 saturated carbocycles. The number of ketones is 2. The summed E-state index contributed by atoms with van der Waals surface area (Å²) >= 11 is 0. The smallest absolute Gasteiger partial charge is 0.508 e. The first-order chi connectivity index (χ1) is 20.4. The number of phenolic OH excluding ortho intramolecular Hbond substituents is 1. The Balaban J connectivity index is 1.71. The highest BCUT2D eigenvalue weighted by molar-refractivity contribution is 6.24. The summed E-state index contributed by atoms with van der Waals surface area (Å²) in [5.74, 6) is -8.15. The second kappa shape index (κ2) is 10.3. The Morgan fingerprint density at radius 2 is 1.68 bits per heavy atom. The van der Waals surface area contributed by atoms with E-state index in [4.69, 9.17) is 5.73 Å². The fraction of sp³-hybridized carbons (Fsp3) is 0.367. The van der Waals surface area contributed by atoms with Crippen LogP contribution in [0.5, 0.6) is 11.5 Å². The van der Waals surface area contributed by atoms with E-state index in [1.807, 2.05) is 0 Å². The van der Waals surface area contributed by atoms with E-state index in [9.17, 15) is 48.0 Å². The number of carbonyl (C=O) groups is 3. The molecule has 234 valence electrons. The maximum Gasteiger partial charge on any atom is 0.573 e. The predicted octanol–water partition coefficient (Wildman–Crippen LogP) is 2.60. The number of hydrogen-bond donors (Lipinski definition) is 5. The number of aliphatic hydroxyl groups is 3. The minimum atomic E-state index is -4.91. The van der Waals surface area contributed by atoms with E-state index in [1.54, 1.807) is 25.1 Å². The number of likely N-dealkylation sites (N-methyl/N-ethyl adjacent to an activating group) is 1. The molecule has 0 spiro atoms. The van der Waals surface area contributed by atoms with E-state index in [2.05, 4.69) is 4.74 Å². The molecular weight excluding hydrogens is 587 g/mol. The Hall–Kier alpha value is -4.56. The van der Waals surface area contributed by atoms with Gasteiger partial charge in [0.25, 0.3) is 5.91 Å². The average Bonchev–Trinajstić information content (AvgIpc) is 2.90. The molecule has 0 unspecified atom stereocenters. The molecule has 3 aliphatic carbocycles. The van der Waals surface area contributed by atoms with E-state index in [0.717, 1.165) is 12.1 Å². The van der Waals surface area contributed by atoms with E-state index < -0.39 is 75.9 Å². The number of nitrogens with zero attached hydrogens (tertiary/aromatic N) is 2. The molecule has 0 heterocycles. The molecule has 0 aliphatic heterocycles. The highest BCUT2D eigenvalue weighted by atomic mass is 19.4. The largest absolute Gasteiger partial charge is 0.573 e. The van der Waals surface area contributed by atoms with Gasteiger partial charge in [0, 0.05) is 36.8 Å². The van der Waals surface area contributed by atoms with Crippen molar-refractivity contribution >= 4 is 28.9 Å². The molecule has 0 saturated heterocycles. The quantitative estimate of drug-likeness (QED) is 0.314. The lowest BCUT2D eigenvalue weighted by atomic mass is 9.57. The van der Waals surface area contributed by atoms with Gasteiger partial charge >= 0.3 is 6.36 Å². The molecular formula is C30H30F3N3O8. The number of halogens is 3. The fourth-order valence-corrected chi connectivity index (χ4v) is 6.75. The van der Waals surface area contributed by atoms with Crippen molar-refractivity contribution in [3.05, 3.63) is 58.4 Å². The number of primary amides is 1. The number of amides is 1. The van der Waals surface area contributed by atoms with Gasteiger partial charge in [-0.25, -0.2) is 0 Å². The predicted molar refractivity (Wildman–Crippen MR) is 151 cm³/mol. The normalized spacial score (nSPS) is 25.1. The van der Waals surface area contributed by atoms with Crippen molar-refractivity contribution < 1.29 is 52.7 Å². The summed E-state index contributed by atoms with van der Waals surface area (Å²) in [5.41, 5.74) is 2.55. The number of fused-ring (bicyclic) bond motifs is 3. The summed E-state index contributed by atoms with van der Waals surface area (Å²) in [5, 5.41) is 45.8. The van der Waals surface area contributed by atoms with Crippen molar-refractivity contribution in [2.24, 2.45) is 17.6 Å². The molecule has 1 amide bonds. The molecule has 11 nitrogen and oxygen atoms in total. The van der Waals surface area contributed by atoms with Crippen LogP contribution in [0.1, 0.15) is 17.5 Å². The first-order valence-corrected chi connectivity index (χ1v) is 13.5. The second-order valence-electron chi connectivity index (χ2n) is 11.6. The summed E-state index contributed by atoms with van der Waals surface area (Å²) in [6.45, 7) is 0. The van der Waals surface area contributed by atoms with Crippen molar-refractivity contribution in [1.82, 2.24) is 4.90 Å². The van der Waals surface area contributed by atoms with Gasteiger partial charge in [-0.15, -0.1) is 13.2 Å². The number of anilines is 1. The Morgan fingerprint density at radius 3 is 2.20 bits per heavy atom. The van der Waals surface area contributed by atoms with Crippen LogP contribution in [0.3, 0.4) is 0 Å². The zero-order valence-corrected chi connectivity index (χ0v) is 24.1. The molecule has 44 heavy (non-hydrogen) atoms. The summed E-state index contributed by atoms with van der Waals surface area (Å²) in [4.78, 5) is 42.6. The number of nitrogens with two attached hydrogens (primary N) is 1. The Labute approximate surface area is 249 Å². The number of carbonyl (C=O) groups excluding carboxylic acids is 3. The van der Waals surface area contributed by atoms with Crippen molar-refractivity contribution in [1.29, 1.82) is 0 Å². The van der Waals surface area contributed by atoms with E-state index in [0.29, 0.717) is 11.3 Å². The number of ether oxygens (including phenoxy) is 1. The first kappa shape index (κ1) is 30.9. The Kier molecular flexibility index (Phi) is 7.21. The number of benzene rings is 2. The van der Waals surface area contributed by atoms with E-state index in [1.165, 1.54) is 31.1 Å². The number of alkyl halides is 3. The molecule has 1 fully saturated rings. The number of hydrogen-bond acceptors (Lipinski definition) is 10. The number of rotatable bonds is 5. The standard InChI is InChI=1S/C30H30F3N3O8/c1-35(2)18-11-15(12-5-7-14(8-6-12)44-30(31,32)33)23(37)20-16(18)9-13-10-17-22(36(3)4)25(39)21(28(34)42)27(41)29(17,43)26(40)19(13)24(20)38/h5-8,11,13,17,22,37-38,41,43H,9-10H2,1-4H3,(H2,34,42)/t13-,17-,22-,29-/m0/s1. The van der Waals surface area contributed by atoms with Gasteiger partial charge in [-0.05, 0) is 62.2 Å². The van der Waals surface area contributed by atoms with Crippen LogP contribution in [0, 0.1) is 11.8 Å². The minimum absolute atomic E-state index is 0.0676. The van der Waals surface area contributed by atoms with Crippen LogP contribution in [0.25, 0.3) is 16.9 Å². The molecule has 0 aromatic heterocycles. The molecule has 0 radical (unpaired) electrons. The summed E-state index contributed by atoms with van der Waals surface area (Å²) in [7, 11) is 6.43. The number of aliphatic hydroxyl groups excluding tert-OH is 2. The third kappa shape index (κ3) is 4.56.